The monoisotopic (exact) mass is 278 g/mol. The molecule has 102 valence electrons. The molecule has 0 atom stereocenters. The van der Waals surface area contributed by atoms with Gasteiger partial charge in [0.2, 0.25) is 5.88 Å². The van der Waals surface area contributed by atoms with Gasteiger partial charge in [-0.25, -0.2) is 18.4 Å². The number of ether oxygens (including phenoxy) is 1. The summed E-state index contributed by atoms with van der Waals surface area (Å²) in [6, 6.07) is 3.05. The van der Waals surface area contributed by atoms with E-state index in [4.69, 9.17) is 4.74 Å². The van der Waals surface area contributed by atoms with Crippen LogP contribution in [0.25, 0.3) is 17.3 Å². The van der Waals surface area contributed by atoms with Crippen LogP contribution in [0.5, 0.6) is 5.88 Å². The van der Waals surface area contributed by atoms with Crippen LogP contribution in [0.2, 0.25) is 0 Å². The molecule has 0 saturated heterocycles. The quantitative estimate of drug-likeness (QED) is 0.865. The minimum absolute atomic E-state index is 0.0871. The second-order valence-corrected chi connectivity index (χ2v) is 3.73. The average molecular weight is 278 g/mol. The van der Waals surface area contributed by atoms with Crippen LogP contribution in [0.15, 0.2) is 23.0 Å². The molecule has 1 N–H and O–H groups in total. The summed E-state index contributed by atoms with van der Waals surface area (Å²) < 4.78 is 31.1. The first-order valence-corrected chi connectivity index (χ1v) is 5.41. The van der Waals surface area contributed by atoms with Gasteiger partial charge in [0, 0.05) is 11.6 Å². The highest BCUT2D eigenvalue weighted by molar-refractivity contribution is 5.84. The molecular formula is C13H8F2N2O3. The Morgan fingerprint density at radius 3 is 2.70 bits per heavy atom. The number of halogens is 2. The zero-order valence-electron chi connectivity index (χ0n) is 10.2. The summed E-state index contributed by atoms with van der Waals surface area (Å²) in [6.07, 6.45) is 0.984. The van der Waals surface area contributed by atoms with Crippen molar-refractivity contribution in [2.75, 3.05) is 7.11 Å². The number of rotatable bonds is 3. The van der Waals surface area contributed by atoms with Gasteiger partial charge in [0.05, 0.1) is 18.4 Å². The molecule has 1 aromatic heterocycles. The Labute approximate surface area is 111 Å². The number of aromatic nitrogens is 2. The number of aromatic amines is 1. The van der Waals surface area contributed by atoms with Crippen molar-refractivity contribution in [2.24, 2.45) is 0 Å². The van der Waals surface area contributed by atoms with E-state index in [0.717, 1.165) is 18.2 Å². The second kappa shape index (κ2) is 5.46. The van der Waals surface area contributed by atoms with Gasteiger partial charge >= 0.3 is 5.69 Å². The van der Waals surface area contributed by atoms with Gasteiger partial charge in [-0.1, -0.05) is 0 Å². The molecule has 0 radical (unpaired) electrons. The molecule has 2 aromatic rings. The summed E-state index contributed by atoms with van der Waals surface area (Å²) in [5.41, 5.74) is -0.370. The van der Waals surface area contributed by atoms with Crippen molar-refractivity contribution in [3.05, 3.63) is 45.9 Å². The maximum absolute atomic E-state index is 13.3. The Balaban J connectivity index is 2.77. The van der Waals surface area contributed by atoms with E-state index >= 15 is 0 Å². The second-order valence-electron chi connectivity index (χ2n) is 3.73. The van der Waals surface area contributed by atoms with E-state index in [9.17, 15) is 18.4 Å². The van der Waals surface area contributed by atoms with Crippen LogP contribution in [-0.4, -0.2) is 23.0 Å². The molecule has 0 fully saturated rings. The highest BCUT2D eigenvalue weighted by atomic mass is 19.2. The van der Waals surface area contributed by atoms with Crippen molar-refractivity contribution < 1.29 is 18.3 Å². The molecule has 1 heterocycles. The third-order valence-electron chi connectivity index (χ3n) is 2.54. The van der Waals surface area contributed by atoms with E-state index in [1.54, 1.807) is 0 Å². The van der Waals surface area contributed by atoms with Crippen LogP contribution in [0.4, 0.5) is 8.78 Å². The van der Waals surface area contributed by atoms with Crippen molar-refractivity contribution in [3.8, 4) is 17.1 Å². The molecule has 0 aliphatic heterocycles. The van der Waals surface area contributed by atoms with Gasteiger partial charge in [0.1, 0.15) is 5.94 Å². The summed E-state index contributed by atoms with van der Waals surface area (Å²) in [7, 11) is 1.26. The van der Waals surface area contributed by atoms with E-state index in [1.807, 2.05) is 0 Å². The van der Waals surface area contributed by atoms with E-state index in [0.29, 0.717) is 0 Å². The Morgan fingerprint density at radius 2 is 2.10 bits per heavy atom. The lowest BCUT2D eigenvalue weighted by molar-refractivity contribution is 0.394. The SMILES string of the molecule is COc1nc(=O)[nH]c(-c2ccc(F)c(F)c2)c1C=C=O. The lowest BCUT2D eigenvalue weighted by Gasteiger charge is -2.09. The molecule has 0 aliphatic carbocycles. The third-order valence-corrected chi connectivity index (χ3v) is 2.54. The van der Waals surface area contributed by atoms with Crippen LogP contribution in [-0.2, 0) is 4.79 Å². The van der Waals surface area contributed by atoms with Crippen LogP contribution in [0, 0.1) is 11.6 Å². The summed E-state index contributed by atoms with van der Waals surface area (Å²) in [5.74, 6) is -0.691. The molecule has 20 heavy (non-hydrogen) atoms. The standard InChI is InChI=1S/C13H8F2N2O3/c1-20-12-8(4-5-18)11(16-13(19)17-12)7-2-3-9(14)10(15)6-7/h2-4,6H,1H3,(H,16,17,19). The fraction of sp³-hybridized carbons (Fsp3) is 0.0769. The Morgan fingerprint density at radius 1 is 1.35 bits per heavy atom. The van der Waals surface area contributed by atoms with Crippen molar-refractivity contribution >= 4 is 12.0 Å². The highest BCUT2D eigenvalue weighted by Gasteiger charge is 2.14. The van der Waals surface area contributed by atoms with Gasteiger partial charge in [0.15, 0.2) is 11.6 Å². The summed E-state index contributed by atoms with van der Waals surface area (Å²) in [4.78, 5) is 27.8. The van der Waals surface area contributed by atoms with Crippen molar-refractivity contribution in [2.45, 2.75) is 0 Å². The summed E-state index contributed by atoms with van der Waals surface area (Å²) in [5, 5.41) is 0. The van der Waals surface area contributed by atoms with Gasteiger partial charge in [-0.3, -0.25) is 0 Å². The topological polar surface area (TPSA) is 72.0 Å². The van der Waals surface area contributed by atoms with E-state index in [1.165, 1.54) is 19.1 Å². The molecule has 7 heteroatoms. The number of hydrogen-bond acceptors (Lipinski definition) is 4. The maximum Gasteiger partial charge on any atom is 0.348 e. The average Bonchev–Trinajstić information content (AvgIpc) is 2.43. The van der Waals surface area contributed by atoms with Crippen molar-refractivity contribution in [1.82, 2.24) is 9.97 Å². The molecule has 0 unspecified atom stereocenters. The van der Waals surface area contributed by atoms with Gasteiger partial charge in [-0.2, -0.15) is 4.98 Å². The van der Waals surface area contributed by atoms with Crippen molar-refractivity contribution in [1.29, 1.82) is 0 Å². The zero-order valence-corrected chi connectivity index (χ0v) is 10.2. The predicted molar refractivity (Wildman–Crippen MR) is 66.9 cm³/mol. The van der Waals surface area contributed by atoms with E-state index in [2.05, 4.69) is 9.97 Å². The number of hydrogen-bond donors (Lipinski definition) is 1. The molecule has 1 aromatic carbocycles. The number of nitrogens with one attached hydrogen (secondary N) is 1. The van der Waals surface area contributed by atoms with Gasteiger partial charge in [0.25, 0.3) is 0 Å². The molecule has 0 bridgehead atoms. The largest absolute Gasteiger partial charge is 0.480 e. The number of carbonyl (C=O) groups excluding carboxylic acids is 1. The molecule has 0 aliphatic rings. The van der Waals surface area contributed by atoms with Crippen LogP contribution in [0.3, 0.4) is 0 Å². The Bertz CT molecular complexity index is 765. The fourth-order valence-electron chi connectivity index (χ4n) is 1.69. The lowest BCUT2D eigenvalue weighted by atomic mass is 10.1. The molecule has 0 saturated carbocycles. The van der Waals surface area contributed by atoms with Crippen LogP contribution >= 0.6 is 0 Å². The highest BCUT2D eigenvalue weighted by Crippen LogP contribution is 2.27. The number of H-pyrrole nitrogens is 1. The molecule has 5 nitrogen and oxygen atoms in total. The summed E-state index contributed by atoms with van der Waals surface area (Å²) >= 11 is 0. The van der Waals surface area contributed by atoms with Crippen molar-refractivity contribution in [3.63, 3.8) is 0 Å². The molecule has 0 amide bonds. The smallest absolute Gasteiger partial charge is 0.348 e. The Kier molecular flexibility index (Phi) is 3.72. The van der Waals surface area contributed by atoms with Crippen LogP contribution < -0.4 is 10.4 Å². The van der Waals surface area contributed by atoms with Gasteiger partial charge in [-0.15, -0.1) is 0 Å². The van der Waals surface area contributed by atoms with E-state index < -0.39 is 17.3 Å². The Hall–Kier alpha value is -2.79. The number of nitrogens with zero attached hydrogens (tertiary/aromatic N) is 1. The van der Waals surface area contributed by atoms with Gasteiger partial charge < -0.3 is 9.72 Å². The minimum Gasteiger partial charge on any atom is -0.480 e. The lowest BCUT2D eigenvalue weighted by Crippen LogP contribution is -2.14. The zero-order chi connectivity index (χ0) is 14.7. The number of benzene rings is 1. The third kappa shape index (κ3) is 2.48. The molecular weight excluding hydrogens is 270 g/mol. The number of methoxy groups -OCH3 is 1. The van der Waals surface area contributed by atoms with E-state index in [-0.39, 0.29) is 22.7 Å². The first-order chi connectivity index (χ1) is 9.56. The maximum atomic E-state index is 13.3. The summed E-state index contributed by atoms with van der Waals surface area (Å²) in [6.45, 7) is 0. The first-order valence-electron chi connectivity index (χ1n) is 5.41. The van der Waals surface area contributed by atoms with Gasteiger partial charge in [-0.05, 0) is 18.2 Å². The predicted octanol–water partition coefficient (Wildman–Crippen LogP) is 1.57. The fourth-order valence-corrected chi connectivity index (χ4v) is 1.69. The molecule has 0 spiro atoms. The normalized spacial score (nSPS) is 9.95. The minimum atomic E-state index is -1.08. The van der Waals surface area contributed by atoms with Crippen LogP contribution in [0.1, 0.15) is 5.56 Å². The molecule has 2 rings (SSSR count). The first kappa shape index (κ1) is 13.6.